The quantitative estimate of drug-likeness (QED) is 0.738. The van der Waals surface area contributed by atoms with Gasteiger partial charge < -0.3 is 15.4 Å². The van der Waals surface area contributed by atoms with Gasteiger partial charge in [-0.3, -0.25) is 4.79 Å². The van der Waals surface area contributed by atoms with Crippen LogP contribution in [0.15, 0.2) is 36.9 Å². The predicted octanol–water partition coefficient (Wildman–Crippen LogP) is 1.80. The summed E-state index contributed by atoms with van der Waals surface area (Å²) in [5.41, 5.74) is 0.754. The monoisotopic (exact) mass is 234 g/mol. The molecule has 0 aliphatic heterocycles. The Kier molecular flexibility index (Phi) is 5.23. The molecule has 92 valence electrons. The summed E-state index contributed by atoms with van der Waals surface area (Å²) >= 11 is 0. The molecule has 0 radical (unpaired) electrons. The zero-order chi connectivity index (χ0) is 12.7. The van der Waals surface area contributed by atoms with Crippen molar-refractivity contribution in [2.24, 2.45) is 0 Å². The number of hydrogen-bond donors (Lipinski definition) is 2. The third kappa shape index (κ3) is 4.70. The molecule has 0 aliphatic rings. The van der Waals surface area contributed by atoms with Crippen molar-refractivity contribution in [3.8, 4) is 5.75 Å². The van der Waals surface area contributed by atoms with Gasteiger partial charge in [0.15, 0.2) is 0 Å². The van der Waals surface area contributed by atoms with E-state index >= 15 is 0 Å². The molecule has 1 aromatic rings. The van der Waals surface area contributed by atoms with Crippen molar-refractivity contribution in [3.05, 3.63) is 36.9 Å². The molecule has 0 saturated carbocycles. The molecule has 2 N–H and O–H groups in total. The Balaban J connectivity index is 2.42. The van der Waals surface area contributed by atoms with Crippen molar-refractivity contribution in [2.75, 3.05) is 19.0 Å². The smallest absolute Gasteiger partial charge is 0.238 e. The zero-order valence-corrected chi connectivity index (χ0v) is 10.2. The number of carbonyl (C=O) groups is 1. The van der Waals surface area contributed by atoms with Gasteiger partial charge in [-0.15, -0.1) is 6.58 Å². The highest BCUT2D eigenvalue weighted by atomic mass is 16.5. The van der Waals surface area contributed by atoms with E-state index in [-0.39, 0.29) is 18.5 Å². The first kappa shape index (κ1) is 13.3. The molecule has 1 atom stereocenters. The average Bonchev–Trinajstić information content (AvgIpc) is 2.36. The summed E-state index contributed by atoms with van der Waals surface area (Å²) in [6, 6.07) is 7.32. The lowest BCUT2D eigenvalue weighted by atomic mass is 10.3. The van der Waals surface area contributed by atoms with Crippen molar-refractivity contribution in [3.63, 3.8) is 0 Å². The molecule has 0 heterocycles. The van der Waals surface area contributed by atoms with Crippen LogP contribution in [0.2, 0.25) is 0 Å². The molecule has 4 nitrogen and oxygen atoms in total. The lowest BCUT2D eigenvalue weighted by molar-refractivity contribution is -0.115. The Morgan fingerprint density at radius 1 is 1.47 bits per heavy atom. The topological polar surface area (TPSA) is 50.4 Å². The van der Waals surface area contributed by atoms with Gasteiger partial charge in [-0.25, -0.2) is 0 Å². The largest absolute Gasteiger partial charge is 0.497 e. The Hall–Kier alpha value is -1.81. The number of amides is 1. The van der Waals surface area contributed by atoms with Gasteiger partial charge in [0, 0.05) is 11.7 Å². The van der Waals surface area contributed by atoms with Crippen LogP contribution in [0.4, 0.5) is 5.69 Å². The molecule has 0 bridgehead atoms. The summed E-state index contributed by atoms with van der Waals surface area (Å²) in [6.07, 6.45) is 1.75. The molecule has 0 fully saturated rings. The van der Waals surface area contributed by atoms with Gasteiger partial charge in [0.05, 0.1) is 13.7 Å². The Labute approximate surface area is 102 Å². The molecule has 1 unspecified atom stereocenters. The van der Waals surface area contributed by atoms with E-state index in [2.05, 4.69) is 17.2 Å². The molecule has 0 spiro atoms. The number of methoxy groups -OCH3 is 1. The Bertz CT molecular complexity index is 374. The molecule has 0 saturated heterocycles. The second-order valence-corrected chi connectivity index (χ2v) is 3.68. The fourth-order valence-electron chi connectivity index (χ4n) is 1.22. The summed E-state index contributed by atoms with van der Waals surface area (Å²) in [7, 11) is 1.61. The van der Waals surface area contributed by atoms with E-state index in [4.69, 9.17) is 4.74 Å². The fraction of sp³-hybridized carbons (Fsp3) is 0.308. The van der Waals surface area contributed by atoms with E-state index in [0.717, 1.165) is 11.4 Å². The van der Waals surface area contributed by atoms with Gasteiger partial charge in [0.25, 0.3) is 0 Å². The SMILES string of the molecule is C=CC(C)NCC(=O)Nc1ccc(OC)cc1. The van der Waals surface area contributed by atoms with Crippen LogP contribution in [0, 0.1) is 0 Å². The van der Waals surface area contributed by atoms with Gasteiger partial charge >= 0.3 is 0 Å². The minimum atomic E-state index is -0.0798. The molecular weight excluding hydrogens is 216 g/mol. The maximum absolute atomic E-state index is 11.5. The predicted molar refractivity (Wildman–Crippen MR) is 69.3 cm³/mol. The minimum absolute atomic E-state index is 0.0798. The standard InChI is InChI=1S/C13H18N2O2/c1-4-10(2)14-9-13(16)15-11-5-7-12(17-3)8-6-11/h4-8,10,14H,1,9H2,2-3H3,(H,15,16). The second-order valence-electron chi connectivity index (χ2n) is 3.68. The summed E-state index contributed by atoms with van der Waals surface area (Å²) in [4.78, 5) is 11.5. The van der Waals surface area contributed by atoms with Gasteiger partial charge in [0.1, 0.15) is 5.75 Å². The third-order valence-corrected chi connectivity index (χ3v) is 2.31. The summed E-state index contributed by atoms with van der Waals surface area (Å²) in [5, 5.41) is 5.80. The highest BCUT2D eigenvalue weighted by Gasteiger charge is 2.03. The van der Waals surface area contributed by atoms with Crippen LogP contribution in [0.1, 0.15) is 6.92 Å². The van der Waals surface area contributed by atoms with E-state index in [1.807, 2.05) is 6.92 Å². The minimum Gasteiger partial charge on any atom is -0.497 e. The van der Waals surface area contributed by atoms with Crippen LogP contribution >= 0.6 is 0 Å². The van der Waals surface area contributed by atoms with Crippen molar-refractivity contribution in [1.82, 2.24) is 5.32 Å². The van der Waals surface area contributed by atoms with E-state index in [1.165, 1.54) is 0 Å². The first-order chi connectivity index (χ1) is 8.15. The van der Waals surface area contributed by atoms with E-state index < -0.39 is 0 Å². The highest BCUT2D eigenvalue weighted by molar-refractivity contribution is 5.92. The third-order valence-electron chi connectivity index (χ3n) is 2.31. The van der Waals surface area contributed by atoms with Crippen molar-refractivity contribution < 1.29 is 9.53 Å². The lowest BCUT2D eigenvalue weighted by Gasteiger charge is -2.09. The number of benzene rings is 1. The van der Waals surface area contributed by atoms with Crippen molar-refractivity contribution in [1.29, 1.82) is 0 Å². The van der Waals surface area contributed by atoms with Crippen LogP contribution in [0.3, 0.4) is 0 Å². The first-order valence-corrected chi connectivity index (χ1v) is 5.45. The van der Waals surface area contributed by atoms with Crippen LogP contribution in [-0.4, -0.2) is 25.6 Å². The van der Waals surface area contributed by atoms with Crippen LogP contribution in [-0.2, 0) is 4.79 Å². The Morgan fingerprint density at radius 2 is 2.12 bits per heavy atom. The van der Waals surface area contributed by atoms with E-state index in [9.17, 15) is 4.79 Å². The van der Waals surface area contributed by atoms with E-state index in [0.29, 0.717) is 0 Å². The number of anilines is 1. The number of hydrogen-bond acceptors (Lipinski definition) is 3. The fourth-order valence-corrected chi connectivity index (χ4v) is 1.22. The average molecular weight is 234 g/mol. The van der Waals surface area contributed by atoms with Gasteiger partial charge in [-0.05, 0) is 31.2 Å². The molecule has 1 aromatic carbocycles. The molecule has 1 amide bonds. The lowest BCUT2D eigenvalue weighted by Crippen LogP contribution is -2.33. The maximum Gasteiger partial charge on any atom is 0.238 e. The number of rotatable bonds is 6. The van der Waals surface area contributed by atoms with Crippen molar-refractivity contribution in [2.45, 2.75) is 13.0 Å². The van der Waals surface area contributed by atoms with Crippen molar-refractivity contribution >= 4 is 11.6 Å². The molecule has 4 heteroatoms. The van der Waals surface area contributed by atoms with Gasteiger partial charge in [-0.2, -0.15) is 0 Å². The maximum atomic E-state index is 11.5. The Morgan fingerprint density at radius 3 is 2.65 bits per heavy atom. The normalized spacial score (nSPS) is 11.6. The molecule has 1 rings (SSSR count). The van der Waals surface area contributed by atoms with Gasteiger partial charge in [0.2, 0.25) is 5.91 Å². The summed E-state index contributed by atoms with van der Waals surface area (Å²) in [5.74, 6) is 0.685. The van der Waals surface area contributed by atoms with Crippen LogP contribution < -0.4 is 15.4 Å². The zero-order valence-electron chi connectivity index (χ0n) is 10.2. The summed E-state index contributed by atoms with van der Waals surface area (Å²) < 4.78 is 5.03. The van der Waals surface area contributed by atoms with Gasteiger partial charge in [-0.1, -0.05) is 6.08 Å². The number of carbonyl (C=O) groups excluding carboxylic acids is 1. The summed E-state index contributed by atoms with van der Waals surface area (Å²) in [6.45, 7) is 5.83. The first-order valence-electron chi connectivity index (χ1n) is 5.45. The number of ether oxygens (including phenoxy) is 1. The highest BCUT2D eigenvalue weighted by Crippen LogP contribution is 2.14. The molecule has 0 aliphatic carbocycles. The molecular formula is C13H18N2O2. The van der Waals surface area contributed by atoms with Crippen LogP contribution in [0.5, 0.6) is 5.75 Å². The molecule has 0 aromatic heterocycles. The number of nitrogens with one attached hydrogen (secondary N) is 2. The second kappa shape index (κ2) is 6.70. The van der Waals surface area contributed by atoms with E-state index in [1.54, 1.807) is 37.5 Å². The molecule has 17 heavy (non-hydrogen) atoms. The van der Waals surface area contributed by atoms with Crippen LogP contribution in [0.25, 0.3) is 0 Å².